The van der Waals surface area contributed by atoms with Gasteiger partial charge in [0.15, 0.2) is 0 Å². The first-order valence-electron chi connectivity index (χ1n) is 3.70. The van der Waals surface area contributed by atoms with Crippen molar-refractivity contribution in [2.24, 2.45) is 0 Å². The Morgan fingerprint density at radius 1 is 1.45 bits per heavy atom. The van der Waals surface area contributed by atoms with E-state index in [1.165, 1.54) is 0 Å². The summed E-state index contributed by atoms with van der Waals surface area (Å²) in [5, 5.41) is 8.42. The standard InChI is InChI=1S/C9H14O2/c1-3-4-5-6-7-8(2)9(10)11/h3H,1-2,4-7H2,(H,10,11). The van der Waals surface area contributed by atoms with E-state index >= 15 is 0 Å². The minimum atomic E-state index is -0.886. The van der Waals surface area contributed by atoms with Crippen LogP contribution in [0.1, 0.15) is 25.7 Å². The molecule has 0 aromatic carbocycles. The Hall–Kier alpha value is -1.05. The predicted octanol–water partition coefficient (Wildman–Crippen LogP) is 2.37. The van der Waals surface area contributed by atoms with Gasteiger partial charge in [-0.3, -0.25) is 0 Å². The summed E-state index contributed by atoms with van der Waals surface area (Å²) in [6.45, 7) is 7.00. The molecule has 0 aliphatic heterocycles. The Morgan fingerprint density at radius 3 is 2.55 bits per heavy atom. The number of hydrogen-bond donors (Lipinski definition) is 1. The van der Waals surface area contributed by atoms with Gasteiger partial charge in [0.2, 0.25) is 0 Å². The zero-order valence-corrected chi connectivity index (χ0v) is 6.68. The highest BCUT2D eigenvalue weighted by Gasteiger charge is 2.01. The van der Waals surface area contributed by atoms with Gasteiger partial charge in [-0.15, -0.1) is 6.58 Å². The molecule has 0 aliphatic carbocycles. The normalized spacial score (nSPS) is 9.09. The number of unbranched alkanes of at least 4 members (excludes halogenated alkanes) is 2. The second-order valence-corrected chi connectivity index (χ2v) is 2.44. The number of allylic oxidation sites excluding steroid dienone is 1. The largest absolute Gasteiger partial charge is 0.478 e. The first-order valence-corrected chi connectivity index (χ1v) is 3.70. The van der Waals surface area contributed by atoms with Crippen molar-refractivity contribution in [3.63, 3.8) is 0 Å². The molecule has 0 rings (SSSR count). The summed E-state index contributed by atoms with van der Waals surface area (Å²) in [5.74, 6) is -0.886. The molecule has 0 saturated heterocycles. The minimum Gasteiger partial charge on any atom is -0.478 e. The SMILES string of the molecule is C=CCCCCC(=C)C(=O)O. The summed E-state index contributed by atoms with van der Waals surface area (Å²) in [7, 11) is 0. The van der Waals surface area contributed by atoms with E-state index in [1.807, 2.05) is 6.08 Å². The van der Waals surface area contributed by atoms with Gasteiger partial charge in [0.05, 0.1) is 0 Å². The van der Waals surface area contributed by atoms with E-state index < -0.39 is 5.97 Å². The van der Waals surface area contributed by atoms with Crippen LogP contribution < -0.4 is 0 Å². The van der Waals surface area contributed by atoms with Crippen molar-refractivity contribution in [2.45, 2.75) is 25.7 Å². The van der Waals surface area contributed by atoms with Gasteiger partial charge < -0.3 is 5.11 Å². The fourth-order valence-electron chi connectivity index (χ4n) is 0.734. The molecule has 11 heavy (non-hydrogen) atoms. The average Bonchev–Trinajstić information content (AvgIpc) is 1.97. The van der Waals surface area contributed by atoms with Crippen LogP contribution in [0.2, 0.25) is 0 Å². The third-order valence-electron chi connectivity index (χ3n) is 1.44. The molecular formula is C9H14O2. The van der Waals surface area contributed by atoms with Crippen molar-refractivity contribution < 1.29 is 9.90 Å². The Kier molecular flexibility index (Phi) is 5.17. The van der Waals surface area contributed by atoms with Gasteiger partial charge in [0.25, 0.3) is 0 Å². The van der Waals surface area contributed by atoms with Crippen LogP contribution in [0.3, 0.4) is 0 Å². The minimum absolute atomic E-state index is 0.300. The Morgan fingerprint density at radius 2 is 2.09 bits per heavy atom. The molecular weight excluding hydrogens is 140 g/mol. The summed E-state index contributed by atoms with van der Waals surface area (Å²) in [6, 6.07) is 0. The maximum Gasteiger partial charge on any atom is 0.330 e. The Labute approximate surface area is 67.2 Å². The van der Waals surface area contributed by atoms with Crippen molar-refractivity contribution in [3.8, 4) is 0 Å². The van der Waals surface area contributed by atoms with Gasteiger partial charge in [-0.25, -0.2) is 4.79 Å². The number of rotatable bonds is 6. The molecule has 2 nitrogen and oxygen atoms in total. The monoisotopic (exact) mass is 154 g/mol. The number of carboxylic acids is 1. The molecule has 0 radical (unpaired) electrons. The molecule has 0 atom stereocenters. The lowest BCUT2D eigenvalue weighted by molar-refractivity contribution is -0.132. The predicted molar refractivity (Wildman–Crippen MR) is 45.4 cm³/mol. The van der Waals surface area contributed by atoms with E-state index in [0.717, 1.165) is 19.3 Å². The number of carbonyl (C=O) groups is 1. The van der Waals surface area contributed by atoms with E-state index in [1.54, 1.807) is 0 Å². The zero-order valence-electron chi connectivity index (χ0n) is 6.68. The first kappa shape index (κ1) is 9.95. The van der Waals surface area contributed by atoms with Gasteiger partial charge in [0, 0.05) is 5.57 Å². The molecule has 0 aliphatic rings. The third kappa shape index (κ3) is 5.40. The number of hydrogen-bond acceptors (Lipinski definition) is 1. The molecule has 0 saturated carbocycles. The van der Waals surface area contributed by atoms with Crippen LogP contribution in [0.5, 0.6) is 0 Å². The smallest absolute Gasteiger partial charge is 0.330 e. The maximum absolute atomic E-state index is 10.2. The van der Waals surface area contributed by atoms with Gasteiger partial charge in [-0.1, -0.05) is 12.7 Å². The molecule has 0 bridgehead atoms. The van der Waals surface area contributed by atoms with E-state index in [4.69, 9.17) is 5.11 Å². The molecule has 0 heterocycles. The van der Waals surface area contributed by atoms with Crippen molar-refractivity contribution in [1.82, 2.24) is 0 Å². The van der Waals surface area contributed by atoms with E-state index in [2.05, 4.69) is 13.2 Å². The lowest BCUT2D eigenvalue weighted by Crippen LogP contribution is -1.98. The Balaban J connectivity index is 3.31. The van der Waals surface area contributed by atoms with Crippen molar-refractivity contribution in [1.29, 1.82) is 0 Å². The van der Waals surface area contributed by atoms with Crippen LogP contribution in [0, 0.1) is 0 Å². The second kappa shape index (κ2) is 5.71. The summed E-state index contributed by atoms with van der Waals surface area (Å²) in [4.78, 5) is 10.2. The summed E-state index contributed by atoms with van der Waals surface area (Å²) < 4.78 is 0. The summed E-state index contributed by atoms with van der Waals surface area (Å²) >= 11 is 0. The number of carboxylic acid groups (broad SMARTS) is 1. The fraction of sp³-hybridized carbons (Fsp3) is 0.444. The molecule has 0 unspecified atom stereocenters. The van der Waals surface area contributed by atoms with Crippen LogP contribution in [0.25, 0.3) is 0 Å². The average molecular weight is 154 g/mol. The fourth-order valence-corrected chi connectivity index (χ4v) is 0.734. The van der Waals surface area contributed by atoms with Gasteiger partial charge >= 0.3 is 5.97 Å². The highest BCUT2D eigenvalue weighted by Crippen LogP contribution is 2.06. The molecule has 1 N–H and O–H groups in total. The first-order chi connectivity index (χ1) is 5.18. The Bertz CT molecular complexity index is 159. The van der Waals surface area contributed by atoms with E-state index in [-0.39, 0.29) is 0 Å². The molecule has 0 aromatic heterocycles. The number of aliphatic carboxylic acids is 1. The summed E-state index contributed by atoms with van der Waals surface area (Å²) in [6.07, 6.45) is 5.26. The van der Waals surface area contributed by atoms with E-state index in [0.29, 0.717) is 12.0 Å². The lowest BCUT2D eigenvalue weighted by Gasteiger charge is -1.97. The van der Waals surface area contributed by atoms with Crippen LogP contribution in [0.15, 0.2) is 24.8 Å². The molecule has 2 heteroatoms. The van der Waals surface area contributed by atoms with Crippen LogP contribution >= 0.6 is 0 Å². The van der Waals surface area contributed by atoms with Gasteiger partial charge in [0.1, 0.15) is 0 Å². The highest BCUT2D eigenvalue weighted by molar-refractivity contribution is 5.85. The van der Waals surface area contributed by atoms with Crippen LogP contribution in [-0.4, -0.2) is 11.1 Å². The molecule has 0 aromatic rings. The lowest BCUT2D eigenvalue weighted by atomic mass is 10.1. The molecule has 0 spiro atoms. The van der Waals surface area contributed by atoms with Crippen LogP contribution in [-0.2, 0) is 4.79 Å². The van der Waals surface area contributed by atoms with Crippen molar-refractivity contribution >= 4 is 5.97 Å². The molecule has 0 fully saturated rings. The van der Waals surface area contributed by atoms with Crippen molar-refractivity contribution in [2.75, 3.05) is 0 Å². The third-order valence-corrected chi connectivity index (χ3v) is 1.44. The van der Waals surface area contributed by atoms with Gasteiger partial charge in [-0.05, 0) is 25.7 Å². The maximum atomic E-state index is 10.2. The van der Waals surface area contributed by atoms with Crippen LogP contribution in [0.4, 0.5) is 0 Å². The van der Waals surface area contributed by atoms with Gasteiger partial charge in [-0.2, -0.15) is 0 Å². The molecule has 62 valence electrons. The second-order valence-electron chi connectivity index (χ2n) is 2.44. The quantitative estimate of drug-likeness (QED) is 0.362. The summed E-state index contributed by atoms with van der Waals surface area (Å²) in [5.41, 5.74) is 0.300. The zero-order chi connectivity index (χ0) is 8.69. The van der Waals surface area contributed by atoms with E-state index in [9.17, 15) is 4.79 Å². The topological polar surface area (TPSA) is 37.3 Å². The highest BCUT2D eigenvalue weighted by atomic mass is 16.4. The molecule has 0 amide bonds. The van der Waals surface area contributed by atoms with Crippen molar-refractivity contribution in [3.05, 3.63) is 24.8 Å².